The van der Waals surface area contributed by atoms with Gasteiger partial charge in [0.1, 0.15) is 16.8 Å². The van der Waals surface area contributed by atoms with Crippen LogP contribution in [0, 0.1) is 0 Å². The first-order chi connectivity index (χ1) is 7.96. The number of hydrogen-bond acceptors (Lipinski definition) is 4. The lowest BCUT2D eigenvalue weighted by Crippen LogP contribution is -2.31. The number of ether oxygens (including phenoxy) is 2. The normalized spacial score (nSPS) is 11.7. The van der Waals surface area contributed by atoms with Crippen molar-refractivity contribution in [1.82, 2.24) is 0 Å². The second-order valence-corrected chi connectivity index (χ2v) is 6.03. The molecule has 0 N–H and O–H groups in total. The summed E-state index contributed by atoms with van der Waals surface area (Å²) in [5.74, 6) is -1.28. The largest absolute Gasteiger partial charge is 0.456 e. The smallest absolute Gasteiger partial charge is 0.345 e. The van der Waals surface area contributed by atoms with E-state index in [0.717, 1.165) is 0 Å². The van der Waals surface area contributed by atoms with Crippen molar-refractivity contribution in [3.63, 3.8) is 0 Å². The van der Waals surface area contributed by atoms with Gasteiger partial charge in [-0.05, 0) is 48.0 Å². The highest BCUT2D eigenvalue weighted by Gasteiger charge is 2.28. The zero-order valence-electron chi connectivity index (χ0n) is 12.4. The topological polar surface area (TPSA) is 52.6 Å². The Morgan fingerprint density at radius 1 is 0.889 bits per heavy atom. The summed E-state index contributed by atoms with van der Waals surface area (Å²) in [6.07, 6.45) is 2.09. The van der Waals surface area contributed by atoms with E-state index in [2.05, 4.69) is 0 Å². The van der Waals surface area contributed by atoms with E-state index < -0.39 is 23.1 Å². The van der Waals surface area contributed by atoms with Gasteiger partial charge in [-0.2, -0.15) is 0 Å². The standard InChI is InChI=1S/C14H24O4/c1-8-9-10(11(15)17-13(2,3)4)12(16)18-14(5,6)7/h9H,8H2,1-7H3. The third kappa shape index (κ3) is 7.09. The molecule has 0 aromatic rings. The minimum Gasteiger partial charge on any atom is -0.456 e. The number of carbonyl (C=O) groups excluding carboxylic acids is 2. The molecular weight excluding hydrogens is 232 g/mol. The summed E-state index contributed by atoms with van der Waals surface area (Å²) in [6.45, 7) is 12.4. The Kier molecular flexibility index (Phi) is 5.58. The van der Waals surface area contributed by atoms with Gasteiger partial charge in [-0.15, -0.1) is 0 Å². The van der Waals surface area contributed by atoms with Crippen LogP contribution in [0.15, 0.2) is 11.6 Å². The highest BCUT2D eigenvalue weighted by molar-refractivity contribution is 6.14. The first kappa shape index (κ1) is 16.7. The molecule has 0 amide bonds. The number of rotatable bonds is 3. The van der Waals surface area contributed by atoms with Gasteiger partial charge >= 0.3 is 11.9 Å². The van der Waals surface area contributed by atoms with Crippen LogP contribution in [0.3, 0.4) is 0 Å². The SMILES string of the molecule is CCC=C(C(=O)OC(C)(C)C)C(=O)OC(C)(C)C. The van der Waals surface area contributed by atoms with Crippen molar-refractivity contribution >= 4 is 11.9 Å². The van der Waals surface area contributed by atoms with E-state index in [1.807, 2.05) is 6.92 Å². The molecule has 0 aromatic carbocycles. The van der Waals surface area contributed by atoms with Gasteiger partial charge in [0.2, 0.25) is 0 Å². The Hall–Kier alpha value is -1.32. The minimum absolute atomic E-state index is 0.0395. The lowest BCUT2D eigenvalue weighted by molar-refractivity contribution is -0.158. The Balaban J connectivity index is 4.94. The molecule has 0 rings (SSSR count). The third-order valence-electron chi connectivity index (χ3n) is 1.65. The van der Waals surface area contributed by atoms with E-state index in [4.69, 9.17) is 9.47 Å². The van der Waals surface area contributed by atoms with Gasteiger partial charge < -0.3 is 9.47 Å². The molecule has 4 heteroatoms. The zero-order valence-corrected chi connectivity index (χ0v) is 12.4. The molecule has 0 radical (unpaired) electrons. The van der Waals surface area contributed by atoms with E-state index >= 15 is 0 Å². The number of esters is 2. The van der Waals surface area contributed by atoms with E-state index in [-0.39, 0.29) is 5.57 Å². The maximum absolute atomic E-state index is 11.9. The molecule has 0 aliphatic rings. The molecule has 0 bridgehead atoms. The highest BCUT2D eigenvalue weighted by Crippen LogP contribution is 2.16. The van der Waals surface area contributed by atoms with Crippen molar-refractivity contribution in [2.45, 2.75) is 66.1 Å². The molecule has 0 atom stereocenters. The summed E-state index contributed by atoms with van der Waals surface area (Å²) in [5.41, 5.74) is -1.31. The Morgan fingerprint density at radius 2 is 1.22 bits per heavy atom. The van der Waals surface area contributed by atoms with Gasteiger partial charge in [-0.3, -0.25) is 0 Å². The molecule has 0 heterocycles. The maximum Gasteiger partial charge on any atom is 0.345 e. The van der Waals surface area contributed by atoms with E-state index in [1.54, 1.807) is 41.5 Å². The molecule has 0 aliphatic heterocycles. The van der Waals surface area contributed by atoms with Crippen LogP contribution < -0.4 is 0 Å². The summed E-state index contributed by atoms with van der Waals surface area (Å²) < 4.78 is 10.4. The van der Waals surface area contributed by atoms with Gasteiger partial charge in [-0.1, -0.05) is 13.0 Å². The fourth-order valence-electron chi connectivity index (χ4n) is 1.12. The first-order valence-corrected chi connectivity index (χ1v) is 6.13. The molecule has 0 spiro atoms. The molecule has 18 heavy (non-hydrogen) atoms. The fraction of sp³-hybridized carbons (Fsp3) is 0.714. The van der Waals surface area contributed by atoms with Crippen molar-refractivity contribution in [3.05, 3.63) is 11.6 Å². The number of allylic oxidation sites excluding steroid dienone is 1. The second kappa shape index (κ2) is 6.03. The molecular formula is C14H24O4. The summed E-state index contributed by atoms with van der Waals surface area (Å²) in [7, 11) is 0. The van der Waals surface area contributed by atoms with Crippen molar-refractivity contribution in [2.75, 3.05) is 0 Å². The molecule has 104 valence electrons. The zero-order chi connectivity index (χ0) is 14.6. The molecule has 0 fully saturated rings. The van der Waals surface area contributed by atoms with Crippen molar-refractivity contribution in [3.8, 4) is 0 Å². The van der Waals surface area contributed by atoms with Gasteiger partial charge in [0.05, 0.1) is 0 Å². The molecule has 0 saturated heterocycles. The summed E-state index contributed by atoms with van der Waals surface area (Å²) >= 11 is 0. The number of hydrogen-bond donors (Lipinski definition) is 0. The first-order valence-electron chi connectivity index (χ1n) is 6.13. The van der Waals surface area contributed by atoms with Crippen molar-refractivity contribution in [2.24, 2.45) is 0 Å². The van der Waals surface area contributed by atoms with Crippen molar-refractivity contribution < 1.29 is 19.1 Å². The predicted molar refractivity (Wildman–Crippen MR) is 70.1 cm³/mol. The average molecular weight is 256 g/mol. The van der Waals surface area contributed by atoms with Crippen LogP contribution >= 0.6 is 0 Å². The average Bonchev–Trinajstić information content (AvgIpc) is 2.07. The van der Waals surface area contributed by atoms with Gasteiger partial charge in [0, 0.05) is 0 Å². The predicted octanol–water partition coefficient (Wildman–Crippen LogP) is 3.01. The van der Waals surface area contributed by atoms with Crippen LogP contribution in [-0.2, 0) is 19.1 Å². The monoisotopic (exact) mass is 256 g/mol. The van der Waals surface area contributed by atoms with Crippen LogP contribution in [0.1, 0.15) is 54.9 Å². The minimum atomic E-state index is -0.640. The molecule has 0 unspecified atom stereocenters. The molecule has 4 nitrogen and oxygen atoms in total. The lowest BCUT2D eigenvalue weighted by atomic mass is 10.1. The van der Waals surface area contributed by atoms with Crippen LogP contribution in [0.5, 0.6) is 0 Å². The maximum atomic E-state index is 11.9. The van der Waals surface area contributed by atoms with Crippen LogP contribution in [0.2, 0.25) is 0 Å². The molecule has 0 saturated carbocycles. The van der Waals surface area contributed by atoms with E-state index in [1.165, 1.54) is 6.08 Å². The second-order valence-electron chi connectivity index (χ2n) is 6.03. The van der Waals surface area contributed by atoms with E-state index in [0.29, 0.717) is 6.42 Å². The lowest BCUT2D eigenvalue weighted by Gasteiger charge is -2.23. The summed E-state index contributed by atoms with van der Waals surface area (Å²) in [4.78, 5) is 23.8. The Bertz CT molecular complexity index is 310. The molecule has 0 aromatic heterocycles. The van der Waals surface area contributed by atoms with Gasteiger partial charge in [0.25, 0.3) is 0 Å². The fourth-order valence-corrected chi connectivity index (χ4v) is 1.12. The molecule has 0 aliphatic carbocycles. The Morgan fingerprint density at radius 3 is 1.44 bits per heavy atom. The van der Waals surface area contributed by atoms with Crippen molar-refractivity contribution in [1.29, 1.82) is 0 Å². The van der Waals surface area contributed by atoms with Crippen LogP contribution in [0.25, 0.3) is 0 Å². The highest BCUT2D eigenvalue weighted by atomic mass is 16.6. The number of carbonyl (C=O) groups is 2. The van der Waals surface area contributed by atoms with Crippen LogP contribution in [-0.4, -0.2) is 23.1 Å². The van der Waals surface area contributed by atoms with Gasteiger partial charge in [0.15, 0.2) is 0 Å². The van der Waals surface area contributed by atoms with E-state index in [9.17, 15) is 9.59 Å². The third-order valence-corrected chi connectivity index (χ3v) is 1.65. The summed E-state index contributed by atoms with van der Waals surface area (Å²) in [5, 5.41) is 0. The quantitative estimate of drug-likeness (QED) is 0.337. The Labute approximate surface area is 109 Å². The summed E-state index contributed by atoms with van der Waals surface area (Å²) in [6, 6.07) is 0. The van der Waals surface area contributed by atoms with Gasteiger partial charge in [-0.25, -0.2) is 9.59 Å². The van der Waals surface area contributed by atoms with Crippen LogP contribution in [0.4, 0.5) is 0 Å².